The van der Waals surface area contributed by atoms with Gasteiger partial charge in [-0.1, -0.05) is 0 Å². The van der Waals surface area contributed by atoms with E-state index in [4.69, 9.17) is 14.9 Å². The van der Waals surface area contributed by atoms with E-state index < -0.39 is 22.6 Å². The van der Waals surface area contributed by atoms with Gasteiger partial charge in [0.2, 0.25) is 0 Å². The van der Waals surface area contributed by atoms with Crippen LogP contribution in [0.3, 0.4) is 0 Å². The number of nitro groups is 1. The number of nitrogens with one attached hydrogen (secondary N) is 1. The second-order valence-corrected chi connectivity index (χ2v) is 3.47. The summed E-state index contributed by atoms with van der Waals surface area (Å²) in [7, 11) is 1.24. The van der Waals surface area contributed by atoms with Crippen LogP contribution in [0.5, 0.6) is 5.75 Å². The topological polar surface area (TPSA) is 139 Å². The number of non-ortho nitro benzene ring substituents is 1. The maximum atomic E-state index is 10.9. The third-order valence-corrected chi connectivity index (χ3v) is 2.16. The molecule has 0 aliphatic carbocycles. The lowest BCUT2D eigenvalue weighted by atomic mass is 10.2. The third-order valence-electron chi connectivity index (χ3n) is 2.16. The molecule has 0 heterocycles. The minimum Gasteiger partial charge on any atom is -0.494 e. The highest BCUT2D eigenvalue weighted by atomic mass is 16.6. The predicted octanol–water partition coefficient (Wildman–Crippen LogP) is 1.07. The average molecular weight is 282 g/mol. The molecule has 0 atom stereocenters. The van der Waals surface area contributed by atoms with Crippen LogP contribution in [0.15, 0.2) is 30.0 Å². The van der Waals surface area contributed by atoms with Crippen molar-refractivity contribution in [2.45, 2.75) is 0 Å². The second-order valence-electron chi connectivity index (χ2n) is 3.47. The average Bonchev–Trinajstić information content (AvgIpc) is 2.37. The summed E-state index contributed by atoms with van der Waals surface area (Å²) in [5, 5.41) is 30.3. The molecule has 3 N–H and O–H groups in total. The molecular formula is C11H10N2O7. The van der Waals surface area contributed by atoms with Crippen LogP contribution in [0.4, 0.5) is 11.4 Å². The van der Waals surface area contributed by atoms with Gasteiger partial charge >= 0.3 is 11.9 Å². The number of hydrogen-bond donors (Lipinski definition) is 3. The van der Waals surface area contributed by atoms with E-state index >= 15 is 0 Å². The van der Waals surface area contributed by atoms with Gasteiger partial charge in [-0.3, -0.25) is 10.1 Å². The van der Waals surface area contributed by atoms with Gasteiger partial charge in [0, 0.05) is 6.07 Å². The fourth-order valence-electron chi connectivity index (χ4n) is 1.32. The van der Waals surface area contributed by atoms with Crippen molar-refractivity contribution in [3.8, 4) is 5.75 Å². The van der Waals surface area contributed by atoms with Crippen molar-refractivity contribution < 1.29 is 29.5 Å². The standard InChI is InChI=1S/C11H10N2O7/c1-20-9-4-6(13(18)19)2-3-7(9)12-8(11(16)17)5-10(14)15/h2-5,12H,1H3,(H,14,15)(H,16,17)/b8-5-. The zero-order chi connectivity index (χ0) is 15.3. The Hall–Kier alpha value is -3.10. The highest BCUT2D eigenvalue weighted by Gasteiger charge is 2.15. The number of ether oxygens (including phenoxy) is 1. The number of hydrogen-bond acceptors (Lipinski definition) is 6. The molecule has 9 heteroatoms. The summed E-state index contributed by atoms with van der Waals surface area (Å²) in [5.41, 5.74) is -0.760. The summed E-state index contributed by atoms with van der Waals surface area (Å²) >= 11 is 0. The number of carboxylic acids is 2. The van der Waals surface area contributed by atoms with Crippen LogP contribution in [0.2, 0.25) is 0 Å². The molecule has 0 saturated heterocycles. The first kappa shape index (κ1) is 15.0. The molecule has 0 spiro atoms. The largest absolute Gasteiger partial charge is 0.494 e. The maximum Gasteiger partial charge on any atom is 0.352 e. The normalized spacial score (nSPS) is 10.8. The van der Waals surface area contributed by atoms with Crippen LogP contribution in [0, 0.1) is 10.1 Å². The number of carbonyl (C=O) groups is 2. The van der Waals surface area contributed by atoms with Gasteiger partial charge in [-0.2, -0.15) is 0 Å². The van der Waals surface area contributed by atoms with Crippen molar-refractivity contribution in [3.63, 3.8) is 0 Å². The van der Waals surface area contributed by atoms with Crippen LogP contribution in [-0.4, -0.2) is 34.2 Å². The van der Waals surface area contributed by atoms with E-state index in [2.05, 4.69) is 5.32 Å². The Morgan fingerprint density at radius 3 is 2.50 bits per heavy atom. The molecule has 0 amide bonds. The Morgan fingerprint density at radius 1 is 1.40 bits per heavy atom. The molecule has 0 aromatic heterocycles. The van der Waals surface area contributed by atoms with Crippen LogP contribution in [-0.2, 0) is 9.59 Å². The third kappa shape index (κ3) is 3.70. The number of methoxy groups -OCH3 is 1. The Labute approximate surface area is 112 Å². The summed E-state index contributed by atoms with van der Waals surface area (Å²) in [6, 6.07) is 3.43. The van der Waals surface area contributed by atoms with Crippen molar-refractivity contribution in [3.05, 3.63) is 40.1 Å². The van der Waals surface area contributed by atoms with Crippen molar-refractivity contribution >= 4 is 23.3 Å². The molecule has 1 aromatic carbocycles. The number of nitrogens with zero attached hydrogens (tertiary/aromatic N) is 1. The minimum atomic E-state index is -1.49. The lowest BCUT2D eigenvalue weighted by Gasteiger charge is -2.10. The summed E-state index contributed by atoms with van der Waals surface area (Å²) in [6.07, 6.45) is 0.461. The van der Waals surface area contributed by atoms with Crippen molar-refractivity contribution in [2.75, 3.05) is 12.4 Å². The van der Waals surface area contributed by atoms with Gasteiger partial charge in [0.15, 0.2) is 0 Å². The quantitative estimate of drug-likeness (QED) is 0.400. The molecular weight excluding hydrogens is 272 g/mol. The molecule has 0 bridgehead atoms. The first-order valence-corrected chi connectivity index (χ1v) is 5.12. The Kier molecular flexibility index (Phi) is 4.62. The van der Waals surface area contributed by atoms with Crippen LogP contribution < -0.4 is 10.1 Å². The van der Waals surface area contributed by atoms with E-state index in [0.29, 0.717) is 6.08 Å². The predicted molar refractivity (Wildman–Crippen MR) is 66.6 cm³/mol. The lowest BCUT2D eigenvalue weighted by molar-refractivity contribution is -0.384. The van der Waals surface area contributed by atoms with Crippen molar-refractivity contribution in [2.24, 2.45) is 0 Å². The van der Waals surface area contributed by atoms with E-state index in [0.717, 1.165) is 12.1 Å². The van der Waals surface area contributed by atoms with Crippen LogP contribution in [0.25, 0.3) is 0 Å². The summed E-state index contributed by atoms with van der Waals surface area (Å²) in [5.74, 6) is -2.93. The molecule has 0 aliphatic rings. The highest BCUT2D eigenvalue weighted by Crippen LogP contribution is 2.29. The first-order chi connectivity index (χ1) is 9.35. The number of anilines is 1. The van der Waals surface area contributed by atoms with Gasteiger partial charge in [0.25, 0.3) is 5.69 Å². The molecule has 9 nitrogen and oxygen atoms in total. The highest BCUT2D eigenvalue weighted by molar-refractivity contribution is 5.97. The zero-order valence-electron chi connectivity index (χ0n) is 10.2. The fourth-order valence-corrected chi connectivity index (χ4v) is 1.32. The SMILES string of the molecule is COc1cc([N+](=O)[O-])ccc1N/C(=C\C(=O)O)C(=O)O. The first-order valence-electron chi connectivity index (χ1n) is 5.12. The summed E-state index contributed by atoms with van der Waals surface area (Å²) in [4.78, 5) is 31.3. The van der Waals surface area contributed by atoms with Gasteiger partial charge in [-0.25, -0.2) is 9.59 Å². The van der Waals surface area contributed by atoms with Gasteiger partial charge in [0.05, 0.1) is 29.9 Å². The number of nitro benzene ring substituents is 1. The molecule has 1 rings (SSSR count). The smallest absolute Gasteiger partial charge is 0.352 e. The van der Waals surface area contributed by atoms with E-state index in [9.17, 15) is 19.7 Å². The Bertz CT molecular complexity index is 594. The van der Waals surface area contributed by atoms with Gasteiger partial charge in [-0.15, -0.1) is 0 Å². The zero-order valence-corrected chi connectivity index (χ0v) is 10.2. The van der Waals surface area contributed by atoms with Gasteiger partial charge in [-0.05, 0) is 6.07 Å². The Balaban J connectivity index is 3.16. The molecule has 0 unspecified atom stereocenters. The maximum absolute atomic E-state index is 10.9. The number of rotatable bonds is 6. The second kappa shape index (κ2) is 6.18. The van der Waals surface area contributed by atoms with Crippen molar-refractivity contribution in [1.82, 2.24) is 0 Å². The fraction of sp³-hybridized carbons (Fsp3) is 0.0909. The van der Waals surface area contributed by atoms with Gasteiger partial charge in [0.1, 0.15) is 11.4 Å². The molecule has 1 aromatic rings. The monoisotopic (exact) mass is 282 g/mol. The number of carboxylic acid groups (broad SMARTS) is 2. The van der Waals surface area contributed by atoms with Crippen LogP contribution in [0.1, 0.15) is 0 Å². The number of benzene rings is 1. The van der Waals surface area contributed by atoms with Gasteiger partial charge < -0.3 is 20.3 Å². The van der Waals surface area contributed by atoms with E-state index in [1.165, 1.54) is 13.2 Å². The molecule has 0 fully saturated rings. The molecule has 0 saturated carbocycles. The Morgan fingerprint density at radius 2 is 2.05 bits per heavy atom. The molecule has 0 radical (unpaired) electrons. The minimum absolute atomic E-state index is 0.0109. The van der Waals surface area contributed by atoms with E-state index in [-0.39, 0.29) is 17.1 Å². The van der Waals surface area contributed by atoms with E-state index in [1.807, 2.05) is 0 Å². The summed E-state index contributed by atoms with van der Waals surface area (Å²) < 4.78 is 4.89. The molecule has 20 heavy (non-hydrogen) atoms. The number of aliphatic carboxylic acids is 2. The van der Waals surface area contributed by atoms with E-state index in [1.54, 1.807) is 0 Å². The molecule has 0 aliphatic heterocycles. The molecule has 106 valence electrons. The summed E-state index contributed by atoms with van der Waals surface area (Å²) in [6.45, 7) is 0. The lowest BCUT2D eigenvalue weighted by Crippen LogP contribution is -2.13. The van der Waals surface area contributed by atoms with Crippen molar-refractivity contribution in [1.29, 1.82) is 0 Å². The van der Waals surface area contributed by atoms with Crippen LogP contribution >= 0.6 is 0 Å².